The number of nitrogens with one attached hydrogen (secondary N) is 1. The molecule has 124 valence electrons. The first-order chi connectivity index (χ1) is 10.3. The zero-order valence-electron chi connectivity index (χ0n) is 13.0. The SMILES string of the molecule is C[C@H](CN[C@H]1CCCC[C@H]1S(C)(=O)=O)c1ccc(F)c(F)c1. The Morgan fingerprint density at radius 1 is 1.23 bits per heavy atom. The minimum absolute atomic E-state index is 0.0164. The highest BCUT2D eigenvalue weighted by Gasteiger charge is 2.32. The average Bonchev–Trinajstić information content (AvgIpc) is 2.47. The van der Waals surface area contributed by atoms with Crippen molar-refractivity contribution in [2.45, 2.75) is 49.8 Å². The summed E-state index contributed by atoms with van der Waals surface area (Å²) in [5.74, 6) is -1.72. The summed E-state index contributed by atoms with van der Waals surface area (Å²) in [7, 11) is -3.07. The molecule has 6 heteroatoms. The largest absolute Gasteiger partial charge is 0.312 e. The van der Waals surface area contributed by atoms with Crippen LogP contribution in [-0.4, -0.2) is 32.5 Å². The van der Waals surface area contributed by atoms with E-state index in [0.29, 0.717) is 18.5 Å². The second-order valence-corrected chi connectivity index (χ2v) is 8.51. The van der Waals surface area contributed by atoms with Crippen LogP contribution in [-0.2, 0) is 9.84 Å². The Bertz CT molecular complexity index is 619. The molecule has 0 heterocycles. The zero-order chi connectivity index (χ0) is 16.3. The molecule has 0 aliphatic heterocycles. The van der Waals surface area contributed by atoms with Crippen LogP contribution >= 0.6 is 0 Å². The molecule has 3 nitrogen and oxygen atoms in total. The number of hydrogen-bond donors (Lipinski definition) is 1. The van der Waals surface area contributed by atoms with Crippen LogP contribution in [0.25, 0.3) is 0 Å². The molecule has 1 aromatic rings. The molecular formula is C16H23F2NO2S. The summed E-state index contributed by atoms with van der Waals surface area (Å²) in [5, 5.41) is 2.97. The van der Waals surface area contributed by atoms with Gasteiger partial charge in [0.15, 0.2) is 21.5 Å². The molecule has 0 saturated heterocycles. The Labute approximate surface area is 131 Å². The van der Waals surface area contributed by atoms with Gasteiger partial charge < -0.3 is 5.32 Å². The Kier molecular flexibility index (Phi) is 5.55. The number of benzene rings is 1. The molecule has 1 fully saturated rings. The van der Waals surface area contributed by atoms with E-state index in [-0.39, 0.29) is 17.2 Å². The maximum absolute atomic E-state index is 13.3. The first kappa shape index (κ1) is 17.3. The molecule has 1 saturated carbocycles. The van der Waals surface area contributed by atoms with Gasteiger partial charge in [0, 0.05) is 18.8 Å². The molecule has 0 radical (unpaired) electrons. The van der Waals surface area contributed by atoms with Gasteiger partial charge in [0.1, 0.15) is 0 Å². The standard InChI is InChI=1S/C16H23F2NO2S/c1-11(12-7-8-13(17)14(18)9-12)10-19-15-5-3-4-6-16(15)22(2,20)21/h7-9,11,15-16,19H,3-6,10H2,1-2H3/t11-,15+,16-/m1/s1. The summed E-state index contributed by atoms with van der Waals surface area (Å²) in [4.78, 5) is 0. The lowest BCUT2D eigenvalue weighted by Gasteiger charge is -2.32. The van der Waals surface area contributed by atoms with Crippen molar-refractivity contribution in [3.63, 3.8) is 0 Å². The van der Waals surface area contributed by atoms with E-state index >= 15 is 0 Å². The summed E-state index contributed by atoms with van der Waals surface area (Å²) in [6.45, 7) is 2.46. The van der Waals surface area contributed by atoms with E-state index in [9.17, 15) is 17.2 Å². The summed E-state index contributed by atoms with van der Waals surface area (Å²) < 4.78 is 50.0. The predicted octanol–water partition coefficient (Wildman–Crippen LogP) is 3.01. The van der Waals surface area contributed by atoms with E-state index in [2.05, 4.69) is 5.32 Å². The third kappa shape index (κ3) is 4.26. The van der Waals surface area contributed by atoms with Crippen LogP contribution in [0.3, 0.4) is 0 Å². The highest BCUT2D eigenvalue weighted by molar-refractivity contribution is 7.91. The molecule has 1 aliphatic carbocycles. The second-order valence-electron chi connectivity index (χ2n) is 6.24. The molecule has 2 rings (SSSR count). The maximum atomic E-state index is 13.3. The topological polar surface area (TPSA) is 46.2 Å². The van der Waals surface area contributed by atoms with Crippen molar-refractivity contribution in [3.8, 4) is 0 Å². The van der Waals surface area contributed by atoms with Gasteiger partial charge in [-0.15, -0.1) is 0 Å². The van der Waals surface area contributed by atoms with Crippen molar-refractivity contribution in [3.05, 3.63) is 35.4 Å². The quantitative estimate of drug-likeness (QED) is 0.902. The molecule has 0 bridgehead atoms. The summed E-state index contributed by atoms with van der Waals surface area (Å²) in [5.41, 5.74) is 0.707. The minimum atomic E-state index is -3.07. The smallest absolute Gasteiger partial charge is 0.159 e. The van der Waals surface area contributed by atoms with Crippen LogP contribution in [0.15, 0.2) is 18.2 Å². The molecule has 1 aliphatic rings. The van der Waals surface area contributed by atoms with Gasteiger partial charge in [0.05, 0.1) is 5.25 Å². The predicted molar refractivity (Wildman–Crippen MR) is 83.7 cm³/mol. The molecule has 1 N–H and O–H groups in total. The van der Waals surface area contributed by atoms with E-state index in [0.717, 1.165) is 25.3 Å². The number of rotatable bonds is 5. The lowest BCUT2D eigenvalue weighted by molar-refractivity contribution is 0.366. The highest BCUT2D eigenvalue weighted by Crippen LogP contribution is 2.25. The second kappa shape index (κ2) is 7.04. The summed E-state index contributed by atoms with van der Waals surface area (Å²) >= 11 is 0. The van der Waals surface area contributed by atoms with E-state index < -0.39 is 21.5 Å². The Hall–Kier alpha value is -1.01. The van der Waals surface area contributed by atoms with Crippen LogP contribution < -0.4 is 5.32 Å². The normalized spacial score (nSPS) is 24.2. The van der Waals surface area contributed by atoms with Gasteiger partial charge in [-0.05, 0) is 36.5 Å². The van der Waals surface area contributed by atoms with Crippen molar-refractivity contribution in [2.75, 3.05) is 12.8 Å². The van der Waals surface area contributed by atoms with Gasteiger partial charge in [0.25, 0.3) is 0 Å². The van der Waals surface area contributed by atoms with E-state index in [1.807, 2.05) is 6.92 Å². The molecular weight excluding hydrogens is 308 g/mol. The first-order valence-electron chi connectivity index (χ1n) is 7.66. The number of halogens is 2. The van der Waals surface area contributed by atoms with Crippen LogP contribution in [0.2, 0.25) is 0 Å². The van der Waals surface area contributed by atoms with Gasteiger partial charge in [-0.1, -0.05) is 25.8 Å². The van der Waals surface area contributed by atoms with Crippen molar-refractivity contribution in [1.82, 2.24) is 5.32 Å². The Morgan fingerprint density at radius 3 is 2.55 bits per heavy atom. The number of sulfone groups is 1. The minimum Gasteiger partial charge on any atom is -0.312 e. The van der Waals surface area contributed by atoms with Crippen molar-refractivity contribution < 1.29 is 17.2 Å². The molecule has 22 heavy (non-hydrogen) atoms. The van der Waals surface area contributed by atoms with Crippen molar-refractivity contribution in [2.24, 2.45) is 0 Å². The van der Waals surface area contributed by atoms with Crippen LogP contribution in [0.4, 0.5) is 8.78 Å². The fraction of sp³-hybridized carbons (Fsp3) is 0.625. The number of hydrogen-bond acceptors (Lipinski definition) is 3. The van der Waals surface area contributed by atoms with Crippen molar-refractivity contribution >= 4 is 9.84 Å². The highest BCUT2D eigenvalue weighted by atomic mass is 32.2. The lowest BCUT2D eigenvalue weighted by atomic mass is 9.93. The van der Waals surface area contributed by atoms with E-state index in [1.165, 1.54) is 12.3 Å². The van der Waals surface area contributed by atoms with Gasteiger partial charge in [0.2, 0.25) is 0 Å². The first-order valence-corrected chi connectivity index (χ1v) is 9.61. The lowest BCUT2D eigenvalue weighted by Crippen LogP contribution is -2.47. The van der Waals surface area contributed by atoms with Gasteiger partial charge in [-0.25, -0.2) is 17.2 Å². The zero-order valence-corrected chi connectivity index (χ0v) is 13.8. The van der Waals surface area contributed by atoms with Gasteiger partial charge in [-0.3, -0.25) is 0 Å². The van der Waals surface area contributed by atoms with Crippen LogP contribution in [0.1, 0.15) is 44.1 Å². The average molecular weight is 331 g/mol. The van der Waals surface area contributed by atoms with E-state index in [4.69, 9.17) is 0 Å². The summed E-state index contributed by atoms with van der Waals surface area (Å²) in [6.07, 6.45) is 4.77. The molecule has 0 spiro atoms. The van der Waals surface area contributed by atoms with Crippen molar-refractivity contribution in [1.29, 1.82) is 0 Å². The third-order valence-electron chi connectivity index (χ3n) is 4.45. The van der Waals surface area contributed by atoms with Gasteiger partial charge in [-0.2, -0.15) is 0 Å². The monoisotopic (exact) mass is 331 g/mol. The molecule has 0 amide bonds. The molecule has 0 unspecified atom stereocenters. The van der Waals surface area contributed by atoms with Crippen LogP contribution in [0.5, 0.6) is 0 Å². The molecule has 1 aromatic carbocycles. The van der Waals surface area contributed by atoms with E-state index in [1.54, 1.807) is 6.07 Å². The molecule has 3 atom stereocenters. The third-order valence-corrected chi connectivity index (χ3v) is 6.12. The fourth-order valence-electron chi connectivity index (χ4n) is 3.11. The van der Waals surface area contributed by atoms with Crippen LogP contribution in [0, 0.1) is 11.6 Å². The Balaban J connectivity index is 1.99. The Morgan fingerprint density at radius 2 is 1.91 bits per heavy atom. The summed E-state index contributed by atoms with van der Waals surface area (Å²) in [6, 6.07) is 3.84. The molecule has 0 aromatic heterocycles. The fourth-order valence-corrected chi connectivity index (χ4v) is 4.53. The maximum Gasteiger partial charge on any atom is 0.159 e. The van der Waals surface area contributed by atoms with Gasteiger partial charge >= 0.3 is 0 Å².